The van der Waals surface area contributed by atoms with Gasteiger partial charge in [-0.3, -0.25) is 4.90 Å². The van der Waals surface area contributed by atoms with Crippen LogP contribution in [-0.2, 0) is 22.6 Å². The minimum atomic E-state index is -0.00154. The summed E-state index contributed by atoms with van der Waals surface area (Å²) in [6.07, 6.45) is 2.22. The second-order valence-corrected chi connectivity index (χ2v) is 6.33. The maximum absolute atomic E-state index is 5.79. The van der Waals surface area contributed by atoms with Gasteiger partial charge in [-0.05, 0) is 39.2 Å². The number of ether oxygens (including phenoxy) is 2. The zero-order valence-corrected chi connectivity index (χ0v) is 13.6. The SMILES string of the molecule is CCN(Cc1nc(COC)no1)C[C@@H]1CCOC(C)(C)C1. The molecule has 0 bridgehead atoms. The van der Waals surface area contributed by atoms with Crippen molar-refractivity contribution in [3.63, 3.8) is 0 Å². The van der Waals surface area contributed by atoms with Crippen molar-refractivity contribution in [1.29, 1.82) is 0 Å². The lowest BCUT2D eigenvalue weighted by Gasteiger charge is -2.37. The highest BCUT2D eigenvalue weighted by Crippen LogP contribution is 2.29. The van der Waals surface area contributed by atoms with Crippen LogP contribution in [0.1, 0.15) is 45.3 Å². The normalized spacial score (nSPS) is 21.9. The quantitative estimate of drug-likeness (QED) is 0.769. The Morgan fingerprint density at radius 2 is 2.24 bits per heavy atom. The molecule has 0 radical (unpaired) electrons. The fourth-order valence-corrected chi connectivity index (χ4v) is 2.92. The summed E-state index contributed by atoms with van der Waals surface area (Å²) >= 11 is 0. The zero-order valence-electron chi connectivity index (χ0n) is 13.6. The van der Waals surface area contributed by atoms with Crippen LogP contribution < -0.4 is 0 Å². The van der Waals surface area contributed by atoms with Gasteiger partial charge in [-0.2, -0.15) is 4.98 Å². The number of nitrogens with zero attached hydrogens (tertiary/aromatic N) is 3. The summed E-state index contributed by atoms with van der Waals surface area (Å²) < 4.78 is 16.1. The van der Waals surface area contributed by atoms with E-state index in [2.05, 4.69) is 35.8 Å². The summed E-state index contributed by atoms with van der Waals surface area (Å²) in [6.45, 7) is 10.5. The summed E-state index contributed by atoms with van der Waals surface area (Å²) in [4.78, 5) is 6.70. The molecule has 120 valence electrons. The number of hydrogen-bond acceptors (Lipinski definition) is 6. The van der Waals surface area contributed by atoms with E-state index in [4.69, 9.17) is 14.0 Å². The van der Waals surface area contributed by atoms with Gasteiger partial charge in [-0.1, -0.05) is 12.1 Å². The third-order valence-electron chi connectivity index (χ3n) is 3.91. The fraction of sp³-hybridized carbons (Fsp3) is 0.867. The second-order valence-electron chi connectivity index (χ2n) is 6.33. The molecule has 1 aliphatic rings. The van der Waals surface area contributed by atoms with Crippen LogP contribution in [0.5, 0.6) is 0 Å². The average molecular weight is 297 g/mol. The molecule has 21 heavy (non-hydrogen) atoms. The number of methoxy groups -OCH3 is 1. The monoisotopic (exact) mass is 297 g/mol. The van der Waals surface area contributed by atoms with Crippen LogP contribution in [0.4, 0.5) is 0 Å². The first-order valence-corrected chi connectivity index (χ1v) is 7.69. The van der Waals surface area contributed by atoms with Crippen LogP contribution in [0, 0.1) is 5.92 Å². The molecule has 6 heteroatoms. The van der Waals surface area contributed by atoms with Crippen molar-refractivity contribution in [2.24, 2.45) is 5.92 Å². The molecule has 2 heterocycles. The van der Waals surface area contributed by atoms with Gasteiger partial charge in [0.05, 0.1) is 12.1 Å². The van der Waals surface area contributed by atoms with Gasteiger partial charge in [0.1, 0.15) is 6.61 Å². The molecule has 0 spiro atoms. The van der Waals surface area contributed by atoms with Gasteiger partial charge in [0.2, 0.25) is 5.89 Å². The van der Waals surface area contributed by atoms with Gasteiger partial charge >= 0.3 is 0 Å². The molecule has 6 nitrogen and oxygen atoms in total. The Balaban J connectivity index is 1.87. The van der Waals surface area contributed by atoms with Crippen LogP contribution in [-0.4, -0.2) is 47.4 Å². The van der Waals surface area contributed by atoms with Crippen molar-refractivity contribution >= 4 is 0 Å². The Bertz CT molecular complexity index is 434. The van der Waals surface area contributed by atoms with E-state index in [1.807, 2.05) is 0 Å². The summed E-state index contributed by atoms with van der Waals surface area (Å²) in [6, 6.07) is 0. The molecule has 1 saturated heterocycles. The first-order chi connectivity index (χ1) is 10.0. The van der Waals surface area contributed by atoms with Gasteiger partial charge in [-0.15, -0.1) is 0 Å². The number of aromatic nitrogens is 2. The molecule has 1 fully saturated rings. The van der Waals surface area contributed by atoms with Crippen molar-refractivity contribution in [3.05, 3.63) is 11.7 Å². The Morgan fingerprint density at radius 3 is 2.90 bits per heavy atom. The van der Waals surface area contributed by atoms with E-state index in [-0.39, 0.29) is 5.60 Å². The molecule has 0 aliphatic carbocycles. The van der Waals surface area contributed by atoms with Gasteiger partial charge in [0, 0.05) is 20.3 Å². The third kappa shape index (κ3) is 5.05. The maximum Gasteiger partial charge on any atom is 0.240 e. The summed E-state index contributed by atoms with van der Waals surface area (Å²) in [5.74, 6) is 1.93. The highest BCUT2D eigenvalue weighted by atomic mass is 16.5. The summed E-state index contributed by atoms with van der Waals surface area (Å²) in [7, 11) is 1.63. The highest BCUT2D eigenvalue weighted by molar-refractivity contribution is 4.86. The lowest BCUT2D eigenvalue weighted by atomic mass is 9.88. The fourth-order valence-electron chi connectivity index (χ4n) is 2.92. The van der Waals surface area contributed by atoms with E-state index >= 15 is 0 Å². The molecule has 1 aromatic heterocycles. The van der Waals surface area contributed by atoms with E-state index in [9.17, 15) is 0 Å². The molecular weight excluding hydrogens is 270 g/mol. The Hall–Kier alpha value is -0.980. The lowest BCUT2D eigenvalue weighted by molar-refractivity contribution is -0.0771. The molecule has 2 rings (SSSR count). The van der Waals surface area contributed by atoms with Gasteiger partial charge in [0.25, 0.3) is 0 Å². The van der Waals surface area contributed by atoms with E-state index in [0.717, 1.165) is 32.5 Å². The molecule has 1 aliphatic heterocycles. The predicted molar refractivity (Wildman–Crippen MR) is 78.7 cm³/mol. The molecule has 0 N–H and O–H groups in total. The Kier molecular flexibility index (Phi) is 5.72. The Morgan fingerprint density at radius 1 is 1.43 bits per heavy atom. The number of rotatable bonds is 7. The van der Waals surface area contributed by atoms with E-state index in [0.29, 0.717) is 30.8 Å². The van der Waals surface area contributed by atoms with Crippen molar-refractivity contribution < 1.29 is 14.0 Å². The van der Waals surface area contributed by atoms with Crippen LogP contribution in [0.3, 0.4) is 0 Å². The van der Waals surface area contributed by atoms with Crippen LogP contribution >= 0.6 is 0 Å². The molecule has 1 aromatic rings. The first-order valence-electron chi connectivity index (χ1n) is 7.69. The molecule has 0 amide bonds. The van der Waals surface area contributed by atoms with Gasteiger partial charge < -0.3 is 14.0 Å². The number of hydrogen-bond donors (Lipinski definition) is 0. The zero-order chi connectivity index (χ0) is 15.3. The van der Waals surface area contributed by atoms with Crippen molar-refractivity contribution in [2.45, 2.75) is 52.4 Å². The Labute approximate surface area is 126 Å². The van der Waals surface area contributed by atoms with E-state index in [1.165, 1.54) is 0 Å². The minimum absolute atomic E-state index is 0.00154. The topological polar surface area (TPSA) is 60.6 Å². The average Bonchev–Trinajstić information content (AvgIpc) is 2.85. The molecule has 0 unspecified atom stereocenters. The lowest BCUT2D eigenvalue weighted by Crippen LogP contribution is -2.39. The van der Waals surface area contributed by atoms with Crippen molar-refractivity contribution in [1.82, 2.24) is 15.0 Å². The third-order valence-corrected chi connectivity index (χ3v) is 3.91. The van der Waals surface area contributed by atoms with E-state index < -0.39 is 0 Å². The molecule has 1 atom stereocenters. The van der Waals surface area contributed by atoms with Crippen molar-refractivity contribution in [3.8, 4) is 0 Å². The minimum Gasteiger partial charge on any atom is -0.377 e. The first kappa shape index (κ1) is 16.4. The van der Waals surface area contributed by atoms with Crippen LogP contribution in [0.2, 0.25) is 0 Å². The van der Waals surface area contributed by atoms with Gasteiger partial charge in [-0.25, -0.2) is 0 Å². The molecular formula is C15H27N3O3. The summed E-state index contributed by atoms with van der Waals surface area (Å²) in [5, 5.41) is 3.91. The second kappa shape index (κ2) is 7.33. The predicted octanol–water partition coefficient (Wildman–Crippen LogP) is 2.24. The smallest absolute Gasteiger partial charge is 0.240 e. The van der Waals surface area contributed by atoms with Crippen LogP contribution in [0.25, 0.3) is 0 Å². The maximum atomic E-state index is 5.79. The molecule has 0 saturated carbocycles. The van der Waals surface area contributed by atoms with Gasteiger partial charge in [0.15, 0.2) is 5.82 Å². The van der Waals surface area contributed by atoms with Crippen LogP contribution in [0.15, 0.2) is 4.52 Å². The van der Waals surface area contributed by atoms with Crippen molar-refractivity contribution in [2.75, 3.05) is 26.8 Å². The summed E-state index contributed by atoms with van der Waals surface area (Å²) in [5.41, 5.74) is -0.00154. The van der Waals surface area contributed by atoms with E-state index in [1.54, 1.807) is 7.11 Å². The molecule has 0 aromatic carbocycles. The largest absolute Gasteiger partial charge is 0.377 e. The standard InChI is InChI=1S/C15H27N3O3/c1-5-18(9-12-6-7-20-15(2,3)8-12)10-14-16-13(11-19-4)17-21-14/h12H,5-11H2,1-4H3/t12-/m1/s1. The highest BCUT2D eigenvalue weighted by Gasteiger charge is 2.29.